The first kappa shape index (κ1) is 20.5. The van der Waals surface area contributed by atoms with Crippen LogP contribution in [-0.2, 0) is 16.8 Å². The van der Waals surface area contributed by atoms with Gasteiger partial charge in [0.1, 0.15) is 18.1 Å². The lowest BCUT2D eigenvalue weighted by atomic mass is 9.83. The second-order valence-electron chi connectivity index (χ2n) is 7.34. The van der Waals surface area contributed by atoms with Crippen molar-refractivity contribution in [3.05, 3.63) is 96.1 Å². The number of ether oxygens (including phenoxy) is 2. The zero-order chi connectivity index (χ0) is 21.7. The van der Waals surface area contributed by atoms with Crippen LogP contribution in [0.3, 0.4) is 0 Å². The monoisotopic (exact) mass is 416 g/mol. The molecule has 1 fully saturated rings. The van der Waals surface area contributed by atoms with Gasteiger partial charge in [0, 0.05) is 6.42 Å². The van der Waals surface area contributed by atoms with Gasteiger partial charge in [-0.05, 0) is 35.4 Å². The Balaban J connectivity index is 1.52. The number of rotatable bonds is 8. The minimum Gasteiger partial charge on any atom is -0.497 e. The zero-order valence-electron chi connectivity index (χ0n) is 17.3. The Hall–Kier alpha value is -3.80. The van der Waals surface area contributed by atoms with Gasteiger partial charge >= 0.3 is 6.03 Å². The number of imide groups is 1. The van der Waals surface area contributed by atoms with Gasteiger partial charge in [0.05, 0.1) is 13.7 Å². The molecule has 3 aromatic rings. The van der Waals surface area contributed by atoms with E-state index in [2.05, 4.69) is 5.32 Å². The first-order valence-electron chi connectivity index (χ1n) is 10.1. The van der Waals surface area contributed by atoms with E-state index in [9.17, 15) is 9.59 Å². The summed E-state index contributed by atoms with van der Waals surface area (Å²) in [6.07, 6.45) is 0.373. The van der Waals surface area contributed by atoms with Crippen molar-refractivity contribution in [2.24, 2.45) is 0 Å². The van der Waals surface area contributed by atoms with Crippen LogP contribution in [0.15, 0.2) is 84.9 Å². The van der Waals surface area contributed by atoms with Crippen molar-refractivity contribution in [3.8, 4) is 11.5 Å². The molecule has 0 spiro atoms. The van der Waals surface area contributed by atoms with E-state index in [0.717, 1.165) is 16.9 Å². The fourth-order valence-corrected chi connectivity index (χ4v) is 3.80. The number of nitrogens with one attached hydrogen (secondary N) is 1. The van der Waals surface area contributed by atoms with Crippen molar-refractivity contribution in [2.45, 2.75) is 12.0 Å². The molecule has 3 aromatic carbocycles. The number of carbonyl (C=O) groups is 2. The molecule has 0 aliphatic carbocycles. The topological polar surface area (TPSA) is 67.9 Å². The number of hydrogen-bond donors (Lipinski definition) is 1. The molecule has 0 saturated carbocycles. The quantitative estimate of drug-likeness (QED) is 0.568. The molecule has 1 saturated heterocycles. The van der Waals surface area contributed by atoms with E-state index >= 15 is 0 Å². The largest absolute Gasteiger partial charge is 0.497 e. The molecular weight excluding hydrogens is 392 g/mol. The second kappa shape index (κ2) is 8.92. The molecule has 1 N–H and O–H groups in total. The molecule has 0 radical (unpaired) electrons. The first-order valence-corrected chi connectivity index (χ1v) is 10.1. The van der Waals surface area contributed by atoms with E-state index in [1.54, 1.807) is 31.4 Å². The summed E-state index contributed by atoms with van der Waals surface area (Å²) in [5.74, 6) is 1.10. The fraction of sp³-hybridized carbons (Fsp3) is 0.200. The predicted molar refractivity (Wildman–Crippen MR) is 117 cm³/mol. The molecule has 6 heteroatoms. The van der Waals surface area contributed by atoms with Gasteiger partial charge in [-0.25, -0.2) is 4.79 Å². The normalized spacial score (nSPS) is 18.0. The van der Waals surface area contributed by atoms with Crippen molar-refractivity contribution >= 4 is 11.9 Å². The molecule has 31 heavy (non-hydrogen) atoms. The summed E-state index contributed by atoms with van der Waals surface area (Å²) >= 11 is 0. The number of carbonyl (C=O) groups excluding carboxylic acids is 2. The molecule has 1 aliphatic rings. The Morgan fingerprint density at radius 1 is 0.839 bits per heavy atom. The standard InChI is InChI=1S/C25H24N2O4/c1-30-21-12-14-22(15-13-21)31-17-16-27-23(28)25(26-24(27)29,20-10-6-3-7-11-20)18-19-8-4-2-5-9-19/h2-15H,16-18H2,1H3,(H,26,29)/t25-/m0/s1. The lowest BCUT2D eigenvalue weighted by Crippen LogP contribution is -2.46. The molecule has 0 aromatic heterocycles. The Kier molecular flexibility index (Phi) is 5.89. The van der Waals surface area contributed by atoms with Crippen molar-refractivity contribution in [3.63, 3.8) is 0 Å². The summed E-state index contributed by atoms with van der Waals surface area (Å²) in [6.45, 7) is 0.349. The maximum atomic E-state index is 13.5. The fourth-order valence-electron chi connectivity index (χ4n) is 3.80. The summed E-state index contributed by atoms with van der Waals surface area (Å²) in [6, 6.07) is 25.8. The molecule has 1 aliphatic heterocycles. The summed E-state index contributed by atoms with van der Waals surface area (Å²) in [5.41, 5.74) is 0.590. The van der Waals surface area contributed by atoms with Crippen LogP contribution in [0.4, 0.5) is 4.79 Å². The number of hydrogen-bond acceptors (Lipinski definition) is 4. The van der Waals surface area contributed by atoms with Gasteiger partial charge in [-0.1, -0.05) is 60.7 Å². The third-order valence-electron chi connectivity index (χ3n) is 5.40. The Labute approximate surface area is 181 Å². The van der Waals surface area contributed by atoms with Gasteiger partial charge in [-0.2, -0.15) is 0 Å². The second-order valence-corrected chi connectivity index (χ2v) is 7.34. The van der Waals surface area contributed by atoms with Crippen molar-refractivity contribution in [1.29, 1.82) is 0 Å². The highest BCUT2D eigenvalue weighted by atomic mass is 16.5. The smallest absolute Gasteiger partial charge is 0.325 e. The van der Waals surface area contributed by atoms with Gasteiger partial charge in [-0.3, -0.25) is 9.69 Å². The van der Waals surface area contributed by atoms with Crippen molar-refractivity contribution in [2.75, 3.05) is 20.3 Å². The number of amides is 3. The van der Waals surface area contributed by atoms with Gasteiger partial charge < -0.3 is 14.8 Å². The molecule has 1 heterocycles. The highest BCUT2D eigenvalue weighted by molar-refractivity contribution is 6.07. The molecular formula is C25H24N2O4. The number of urea groups is 1. The van der Waals surface area contributed by atoms with Crippen molar-refractivity contribution < 1.29 is 19.1 Å². The van der Waals surface area contributed by atoms with Crippen LogP contribution in [0.5, 0.6) is 11.5 Å². The third kappa shape index (κ3) is 4.23. The minimum absolute atomic E-state index is 0.153. The van der Waals surface area contributed by atoms with Crippen molar-refractivity contribution in [1.82, 2.24) is 10.2 Å². The Morgan fingerprint density at radius 2 is 1.45 bits per heavy atom. The van der Waals surface area contributed by atoms with E-state index in [1.807, 2.05) is 60.7 Å². The average Bonchev–Trinajstić information content (AvgIpc) is 3.05. The van der Waals surface area contributed by atoms with Crippen LogP contribution in [0, 0.1) is 0 Å². The van der Waals surface area contributed by atoms with Crippen LogP contribution >= 0.6 is 0 Å². The third-order valence-corrected chi connectivity index (χ3v) is 5.40. The predicted octanol–water partition coefficient (Wildman–Crippen LogP) is 3.76. The molecule has 0 unspecified atom stereocenters. The highest BCUT2D eigenvalue weighted by Crippen LogP contribution is 2.33. The summed E-state index contributed by atoms with van der Waals surface area (Å²) in [4.78, 5) is 27.6. The van der Waals surface area contributed by atoms with Crippen LogP contribution in [0.2, 0.25) is 0 Å². The van der Waals surface area contributed by atoms with E-state index in [4.69, 9.17) is 9.47 Å². The average molecular weight is 416 g/mol. The molecule has 1 atom stereocenters. The van der Waals surface area contributed by atoms with E-state index in [-0.39, 0.29) is 19.1 Å². The minimum atomic E-state index is -1.14. The molecule has 4 rings (SSSR count). The van der Waals surface area contributed by atoms with Crippen LogP contribution in [0.25, 0.3) is 0 Å². The van der Waals surface area contributed by atoms with Crippen LogP contribution in [-0.4, -0.2) is 37.1 Å². The SMILES string of the molecule is COc1ccc(OCCN2C(=O)N[C@@](Cc3ccccc3)(c3ccccc3)C2=O)cc1. The molecule has 0 bridgehead atoms. The summed E-state index contributed by atoms with van der Waals surface area (Å²) in [5, 5.41) is 2.96. The van der Waals surface area contributed by atoms with E-state index in [1.165, 1.54) is 4.90 Å². The van der Waals surface area contributed by atoms with Gasteiger partial charge in [0.2, 0.25) is 0 Å². The maximum absolute atomic E-state index is 13.5. The van der Waals surface area contributed by atoms with E-state index < -0.39 is 11.6 Å². The Morgan fingerprint density at radius 3 is 2.10 bits per heavy atom. The van der Waals surface area contributed by atoms with Crippen LogP contribution in [0.1, 0.15) is 11.1 Å². The lowest BCUT2D eigenvalue weighted by molar-refractivity contribution is -0.131. The van der Waals surface area contributed by atoms with Crippen LogP contribution < -0.4 is 14.8 Å². The lowest BCUT2D eigenvalue weighted by Gasteiger charge is -2.27. The number of methoxy groups -OCH3 is 1. The summed E-state index contributed by atoms with van der Waals surface area (Å²) < 4.78 is 10.9. The van der Waals surface area contributed by atoms with Gasteiger partial charge in [0.15, 0.2) is 5.54 Å². The van der Waals surface area contributed by atoms with Gasteiger partial charge in [-0.15, -0.1) is 0 Å². The molecule has 158 valence electrons. The zero-order valence-corrected chi connectivity index (χ0v) is 17.3. The summed E-state index contributed by atoms with van der Waals surface area (Å²) in [7, 11) is 1.60. The first-order chi connectivity index (χ1) is 15.1. The number of nitrogens with zero attached hydrogens (tertiary/aromatic N) is 1. The molecule has 6 nitrogen and oxygen atoms in total. The van der Waals surface area contributed by atoms with Gasteiger partial charge in [0.25, 0.3) is 5.91 Å². The maximum Gasteiger partial charge on any atom is 0.325 e. The molecule has 3 amide bonds. The Bertz CT molecular complexity index is 1040. The van der Waals surface area contributed by atoms with E-state index in [0.29, 0.717) is 12.2 Å². The highest BCUT2D eigenvalue weighted by Gasteiger charge is 2.52. The number of benzene rings is 3.